The summed E-state index contributed by atoms with van der Waals surface area (Å²) in [4.78, 5) is 9.52. The van der Waals surface area contributed by atoms with E-state index in [-0.39, 0.29) is 36.0 Å². The Morgan fingerprint density at radius 1 is 1.18 bits per heavy atom. The van der Waals surface area contributed by atoms with Crippen molar-refractivity contribution in [2.24, 2.45) is 27.7 Å². The van der Waals surface area contributed by atoms with Crippen molar-refractivity contribution in [3.63, 3.8) is 0 Å². The Morgan fingerprint density at radius 2 is 2.03 bits per heavy atom. The summed E-state index contributed by atoms with van der Waals surface area (Å²) < 4.78 is 13.7. The Balaban J connectivity index is 1.71. The van der Waals surface area contributed by atoms with E-state index in [1.54, 1.807) is 18.4 Å². The summed E-state index contributed by atoms with van der Waals surface area (Å²) >= 11 is 0. The molecule has 5 atom stereocenters. The van der Waals surface area contributed by atoms with Crippen molar-refractivity contribution in [2.75, 3.05) is 0 Å². The highest BCUT2D eigenvalue weighted by Crippen LogP contribution is 2.37. The minimum atomic E-state index is -1.35. The maximum Gasteiger partial charge on any atom is 0.151 e. The molecule has 5 unspecified atom stereocenters. The molecule has 0 aromatic rings. The Hall–Kier alpha value is -2.45. The minimum Gasteiger partial charge on any atom is -0.378 e. The smallest absolute Gasteiger partial charge is 0.151 e. The number of nitrogens with zero attached hydrogens (tertiary/aromatic N) is 2. The molecule has 0 aromatic carbocycles. The number of nitrogens with one attached hydrogen (secondary N) is 1. The molecule has 7 heteroatoms. The van der Waals surface area contributed by atoms with Crippen molar-refractivity contribution in [2.45, 2.75) is 90.2 Å². The van der Waals surface area contributed by atoms with Crippen molar-refractivity contribution in [1.29, 1.82) is 0 Å². The van der Waals surface area contributed by atoms with Crippen LogP contribution in [0.4, 0.5) is 4.39 Å². The van der Waals surface area contributed by atoms with Gasteiger partial charge < -0.3 is 15.3 Å². The quantitative estimate of drug-likeness (QED) is 0.180. The van der Waals surface area contributed by atoms with Crippen LogP contribution in [0.15, 0.2) is 82.4 Å². The normalized spacial score (nSPS) is 26.1. The second kappa shape index (κ2) is 15.8. The van der Waals surface area contributed by atoms with E-state index < -0.39 is 12.5 Å². The molecule has 38 heavy (non-hydrogen) atoms. The first kappa shape index (κ1) is 30.1. The number of hydrogen-bond acceptors (Lipinski definition) is 6. The molecular weight excluding hydrogens is 481 g/mol. The van der Waals surface area contributed by atoms with E-state index in [1.807, 2.05) is 37.4 Å². The third-order valence-electron chi connectivity index (χ3n) is 7.39. The standard InChI is InChI=1S/C31H44FN3O3/c1-3-4-19-34-30(23-10-6-5-7-11-23)28(14-9-15-29(36)37)33-20-18-22(2)31(38)35-27-13-8-12-24-21-25(32)16-17-26(24)27/h4-7,10,16,18-23,26-27,29,31,35-38H,3,8-9,11-15,17H2,1-2H3/b19-4+,20-18+,33-28-,34-30-. The van der Waals surface area contributed by atoms with Crippen molar-refractivity contribution in [1.82, 2.24) is 5.32 Å². The number of aliphatic imine (C=N–C) groups is 2. The van der Waals surface area contributed by atoms with Gasteiger partial charge in [0.1, 0.15) is 12.1 Å². The van der Waals surface area contributed by atoms with Gasteiger partial charge in [0.15, 0.2) is 6.29 Å². The van der Waals surface area contributed by atoms with E-state index in [4.69, 9.17) is 9.98 Å². The van der Waals surface area contributed by atoms with Gasteiger partial charge in [-0.05, 0) is 75.9 Å². The molecule has 6 nitrogen and oxygen atoms in total. The van der Waals surface area contributed by atoms with Crippen LogP contribution in [0.1, 0.15) is 71.6 Å². The topological polar surface area (TPSA) is 97.4 Å². The van der Waals surface area contributed by atoms with E-state index in [1.165, 1.54) is 0 Å². The number of halogens is 1. The van der Waals surface area contributed by atoms with E-state index in [2.05, 4.69) is 24.4 Å². The number of hydrogen-bond donors (Lipinski definition) is 4. The molecular formula is C31H44FN3O3. The average Bonchev–Trinajstić information content (AvgIpc) is 2.90. The van der Waals surface area contributed by atoms with Crippen LogP contribution in [0.2, 0.25) is 0 Å². The van der Waals surface area contributed by atoms with Gasteiger partial charge >= 0.3 is 0 Å². The molecule has 0 amide bonds. The predicted octanol–water partition coefficient (Wildman–Crippen LogP) is 5.82. The van der Waals surface area contributed by atoms with E-state index >= 15 is 0 Å². The Kier molecular flexibility index (Phi) is 12.5. The monoisotopic (exact) mass is 525 g/mol. The maximum absolute atomic E-state index is 13.7. The summed E-state index contributed by atoms with van der Waals surface area (Å²) in [5.41, 5.74) is 2.82. The highest BCUT2D eigenvalue weighted by atomic mass is 19.1. The lowest BCUT2D eigenvalue weighted by atomic mass is 9.76. The zero-order chi connectivity index (χ0) is 27.3. The summed E-state index contributed by atoms with van der Waals surface area (Å²) in [7, 11) is 0. The molecule has 0 aromatic heterocycles. The molecule has 1 fully saturated rings. The number of allylic oxidation sites excluding steroid dienone is 8. The molecule has 3 aliphatic carbocycles. The van der Waals surface area contributed by atoms with Crippen LogP contribution >= 0.6 is 0 Å². The van der Waals surface area contributed by atoms with Gasteiger partial charge in [-0.15, -0.1) is 0 Å². The van der Waals surface area contributed by atoms with Gasteiger partial charge in [0.05, 0.1) is 11.4 Å². The van der Waals surface area contributed by atoms with E-state index in [9.17, 15) is 19.7 Å². The average molecular weight is 526 g/mol. The first-order valence-corrected chi connectivity index (χ1v) is 14.0. The molecule has 208 valence electrons. The lowest BCUT2D eigenvalue weighted by Crippen LogP contribution is -2.47. The maximum atomic E-state index is 13.7. The highest BCUT2D eigenvalue weighted by molar-refractivity contribution is 6.43. The summed E-state index contributed by atoms with van der Waals surface area (Å²) in [6, 6.07) is 0.115. The molecule has 0 aliphatic heterocycles. The lowest BCUT2D eigenvalue weighted by molar-refractivity contribution is -0.0458. The van der Waals surface area contributed by atoms with Crippen LogP contribution in [-0.4, -0.2) is 45.3 Å². The predicted molar refractivity (Wildman–Crippen MR) is 153 cm³/mol. The zero-order valence-electron chi connectivity index (χ0n) is 22.7. The van der Waals surface area contributed by atoms with Gasteiger partial charge in [-0.1, -0.05) is 55.9 Å². The molecule has 0 spiro atoms. The van der Waals surface area contributed by atoms with E-state index in [0.29, 0.717) is 19.3 Å². The fourth-order valence-corrected chi connectivity index (χ4v) is 5.20. The van der Waals surface area contributed by atoms with Gasteiger partial charge in [-0.3, -0.25) is 15.3 Å². The summed E-state index contributed by atoms with van der Waals surface area (Å²) in [6.07, 6.45) is 23.5. The van der Waals surface area contributed by atoms with Gasteiger partial charge in [0.25, 0.3) is 0 Å². The van der Waals surface area contributed by atoms with Crippen LogP contribution in [-0.2, 0) is 0 Å². The van der Waals surface area contributed by atoms with Crippen molar-refractivity contribution in [3.8, 4) is 0 Å². The van der Waals surface area contributed by atoms with Gasteiger partial charge in [-0.25, -0.2) is 4.39 Å². The van der Waals surface area contributed by atoms with Gasteiger partial charge in [-0.2, -0.15) is 0 Å². The Morgan fingerprint density at radius 3 is 2.76 bits per heavy atom. The zero-order valence-corrected chi connectivity index (χ0v) is 22.7. The lowest BCUT2D eigenvalue weighted by Gasteiger charge is -2.37. The van der Waals surface area contributed by atoms with E-state index in [0.717, 1.165) is 49.1 Å². The third-order valence-corrected chi connectivity index (χ3v) is 7.39. The number of aliphatic hydroxyl groups is 3. The van der Waals surface area contributed by atoms with Crippen molar-refractivity contribution >= 4 is 11.4 Å². The number of rotatable bonds is 13. The molecule has 3 rings (SSSR count). The fraction of sp³-hybridized carbons (Fsp3) is 0.548. The largest absolute Gasteiger partial charge is 0.378 e. The van der Waals surface area contributed by atoms with Gasteiger partial charge in [0.2, 0.25) is 0 Å². The Bertz CT molecular complexity index is 1010. The van der Waals surface area contributed by atoms with Crippen LogP contribution in [0.25, 0.3) is 0 Å². The van der Waals surface area contributed by atoms with Gasteiger partial charge in [0, 0.05) is 30.3 Å². The molecule has 1 saturated carbocycles. The summed E-state index contributed by atoms with van der Waals surface area (Å²) in [5.74, 6) is -0.0143. The second-order valence-electron chi connectivity index (χ2n) is 10.4. The molecule has 0 saturated heterocycles. The molecule has 0 heterocycles. The molecule has 0 radical (unpaired) electrons. The molecule has 4 N–H and O–H groups in total. The summed E-state index contributed by atoms with van der Waals surface area (Å²) in [6.45, 7) is 4.00. The van der Waals surface area contributed by atoms with Crippen molar-refractivity contribution in [3.05, 3.63) is 72.4 Å². The highest BCUT2D eigenvalue weighted by Gasteiger charge is 2.32. The summed E-state index contributed by atoms with van der Waals surface area (Å²) in [5, 5.41) is 33.0. The third kappa shape index (κ3) is 9.38. The van der Waals surface area contributed by atoms with Crippen LogP contribution < -0.4 is 5.32 Å². The van der Waals surface area contributed by atoms with Crippen LogP contribution in [0.3, 0.4) is 0 Å². The minimum absolute atomic E-state index is 0.0975. The van der Waals surface area contributed by atoms with Crippen molar-refractivity contribution < 1.29 is 19.7 Å². The second-order valence-corrected chi connectivity index (χ2v) is 10.4. The molecule has 0 bridgehead atoms. The number of aliphatic hydroxyl groups excluding tert-OH is 2. The molecule has 3 aliphatic rings. The fourth-order valence-electron chi connectivity index (χ4n) is 5.20. The number of fused-ring (bicyclic) bond motifs is 1. The Labute approximate surface area is 226 Å². The van der Waals surface area contributed by atoms with Crippen LogP contribution in [0.5, 0.6) is 0 Å². The van der Waals surface area contributed by atoms with Crippen LogP contribution in [0, 0.1) is 17.8 Å². The first-order valence-electron chi connectivity index (χ1n) is 14.0. The first-order chi connectivity index (χ1) is 18.4. The SMILES string of the molecule is CC/C=C/N=C(\C(CCCC(O)O)=N/C=C/C(C)C(O)NC1CCCC2=CC(F)=CCC21)C1C=CC=CC1.